The number of aromatic hydroxyl groups is 2. The van der Waals surface area contributed by atoms with E-state index in [-0.39, 0.29) is 22.6 Å². The Balaban J connectivity index is 1.99. The number of phenolic OH excluding ortho intramolecular Hbond substituents is 2. The molecule has 0 saturated heterocycles. The number of hydrazone groups is 1. The summed E-state index contributed by atoms with van der Waals surface area (Å²) in [4.78, 5) is 11.9. The predicted molar refractivity (Wildman–Crippen MR) is 116 cm³/mol. The summed E-state index contributed by atoms with van der Waals surface area (Å²) in [6.45, 7) is -0.259. The number of nitrogens with zero attached hydrogens (tertiary/aromatic N) is 1. The van der Waals surface area contributed by atoms with Crippen molar-refractivity contribution in [2.45, 2.75) is 0 Å². The Kier molecular flexibility index (Phi) is 7.95. The summed E-state index contributed by atoms with van der Waals surface area (Å²) in [6, 6.07) is 5.04. The molecule has 2 aromatic carbocycles. The Bertz CT molecular complexity index is 866. The van der Waals surface area contributed by atoms with Gasteiger partial charge in [0.15, 0.2) is 6.61 Å². The molecule has 0 aliphatic rings. The first-order valence-electron chi connectivity index (χ1n) is 6.70. The summed E-state index contributed by atoms with van der Waals surface area (Å²) < 4.78 is 8.16. The van der Waals surface area contributed by atoms with E-state index in [1.807, 2.05) is 0 Å². The van der Waals surface area contributed by atoms with Crippen molar-refractivity contribution in [3.63, 3.8) is 0 Å². The summed E-state index contributed by atoms with van der Waals surface area (Å²) in [5.41, 5.74) is 2.59. The van der Waals surface area contributed by atoms with Crippen molar-refractivity contribution in [3.8, 4) is 17.2 Å². The minimum absolute atomic E-state index is 0.118. The van der Waals surface area contributed by atoms with Crippen LogP contribution in [-0.4, -0.2) is 28.9 Å². The van der Waals surface area contributed by atoms with Gasteiger partial charge in [0.1, 0.15) is 21.7 Å². The largest absolute Gasteiger partial charge is 0.506 e. The average Bonchev–Trinajstić information content (AvgIpc) is 2.56. The van der Waals surface area contributed by atoms with Gasteiger partial charge in [-0.25, -0.2) is 5.43 Å². The third-order valence-corrected chi connectivity index (χ3v) is 5.89. The highest BCUT2D eigenvalue weighted by atomic mass is 79.9. The van der Waals surface area contributed by atoms with Crippen molar-refractivity contribution < 1.29 is 19.7 Å². The highest BCUT2D eigenvalue weighted by Crippen LogP contribution is 2.40. The van der Waals surface area contributed by atoms with E-state index in [2.05, 4.69) is 90.2 Å². The van der Waals surface area contributed by atoms with E-state index in [0.29, 0.717) is 24.7 Å². The molecule has 2 aromatic rings. The maximum Gasteiger partial charge on any atom is 0.277 e. The summed E-state index contributed by atoms with van der Waals surface area (Å²) in [6.07, 6.45) is 1.24. The van der Waals surface area contributed by atoms with E-state index >= 15 is 0 Å². The maximum atomic E-state index is 11.9. The first-order valence-corrected chi connectivity index (χ1v) is 10.7. The van der Waals surface area contributed by atoms with Gasteiger partial charge in [0.2, 0.25) is 0 Å². The normalized spacial score (nSPS) is 11.0. The molecule has 2 rings (SSSR count). The molecular formula is C15H9Br5N2O4. The van der Waals surface area contributed by atoms with E-state index in [1.54, 1.807) is 12.1 Å². The maximum absolute atomic E-state index is 11.9. The molecule has 0 unspecified atom stereocenters. The zero-order chi connectivity index (χ0) is 19.4. The van der Waals surface area contributed by atoms with Crippen LogP contribution in [0.3, 0.4) is 0 Å². The van der Waals surface area contributed by atoms with Crippen LogP contribution in [0.4, 0.5) is 0 Å². The molecule has 0 fully saturated rings. The fourth-order valence-corrected chi connectivity index (χ4v) is 5.37. The molecule has 0 aliphatic carbocycles. The number of benzene rings is 2. The number of amides is 1. The minimum Gasteiger partial charge on any atom is -0.506 e. The van der Waals surface area contributed by atoms with Gasteiger partial charge in [-0.1, -0.05) is 15.9 Å². The molecule has 0 bridgehead atoms. The Labute approximate surface area is 190 Å². The lowest BCUT2D eigenvalue weighted by atomic mass is 10.2. The summed E-state index contributed by atoms with van der Waals surface area (Å²) >= 11 is 16.3. The first kappa shape index (κ1) is 21.7. The molecule has 0 atom stereocenters. The van der Waals surface area contributed by atoms with Crippen LogP contribution >= 0.6 is 79.6 Å². The monoisotopic (exact) mass is 676 g/mol. The first-order chi connectivity index (χ1) is 12.2. The van der Waals surface area contributed by atoms with Crippen LogP contribution < -0.4 is 10.2 Å². The van der Waals surface area contributed by atoms with Crippen molar-refractivity contribution in [1.29, 1.82) is 0 Å². The number of hydrogen-bond donors (Lipinski definition) is 3. The highest BCUT2D eigenvalue weighted by molar-refractivity contribution is 9.12. The number of carbonyl (C=O) groups excluding carboxylic acids is 1. The third kappa shape index (κ3) is 5.44. The van der Waals surface area contributed by atoms with Crippen molar-refractivity contribution in [1.82, 2.24) is 5.43 Å². The van der Waals surface area contributed by atoms with Crippen LogP contribution in [-0.2, 0) is 4.79 Å². The molecule has 138 valence electrons. The highest BCUT2D eigenvalue weighted by Gasteiger charge is 2.13. The Morgan fingerprint density at radius 2 is 1.65 bits per heavy atom. The van der Waals surface area contributed by atoms with Crippen molar-refractivity contribution in [3.05, 3.63) is 46.1 Å². The van der Waals surface area contributed by atoms with Gasteiger partial charge in [-0.15, -0.1) is 0 Å². The molecular weight excluding hydrogens is 672 g/mol. The number of phenols is 2. The second kappa shape index (κ2) is 9.54. The van der Waals surface area contributed by atoms with E-state index in [4.69, 9.17) is 4.74 Å². The lowest BCUT2D eigenvalue weighted by molar-refractivity contribution is -0.123. The topological polar surface area (TPSA) is 91.2 Å². The van der Waals surface area contributed by atoms with Gasteiger partial charge < -0.3 is 14.9 Å². The molecule has 0 aromatic heterocycles. The van der Waals surface area contributed by atoms with Crippen molar-refractivity contribution in [2.24, 2.45) is 5.10 Å². The molecule has 26 heavy (non-hydrogen) atoms. The van der Waals surface area contributed by atoms with Crippen molar-refractivity contribution in [2.75, 3.05) is 6.61 Å². The van der Waals surface area contributed by atoms with Gasteiger partial charge in [0.05, 0.1) is 19.6 Å². The molecule has 0 spiro atoms. The lowest BCUT2D eigenvalue weighted by Crippen LogP contribution is -2.24. The number of halogens is 5. The Hall–Kier alpha value is -0.620. The van der Waals surface area contributed by atoms with Crippen LogP contribution in [0.5, 0.6) is 17.2 Å². The van der Waals surface area contributed by atoms with Crippen LogP contribution in [0.2, 0.25) is 0 Å². The quantitative estimate of drug-likeness (QED) is 0.290. The van der Waals surface area contributed by atoms with Gasteiger partial charge >= 0.3 is 0 Å². The van der Waals surface area contributed by atoms with Crippen LogP contribution in [0, 0.1) is 0 Å². The number of carbonyl (C=O) groups is 1. The second-order valence-electron chi connectivity index (χ2n) is 4.74. The third-order valence-electron chi connectivity index (χ3n) is 2.90. The summed E-state index contributed by atoms with van der Waals surface area (Å²) in [5.74, 6) is -0.346. The average molecular weight is 681 g/mol. The van der Waals surface area contributed by atoms with Gasteiger partial charge in [-0.2, -0.15) is 5.10 Å². The van der Waals surface area contributed by atoms with Gasteiger partial charge in [0.25, 0.3) is 5.91 Å². The van der Waals surface area contributed by atoms with Crippen LogP contribution in [0.1, 0.15) is 5.56 Å². The molecule has 1 amide bonds. The molecule has 0 saturated carbocycles. The zero-order valence-electron chi connectivity index (χ0n) is 12.6. The molecule has 0 radical (unpaired) electrons. The molecule has 3 N–H and O–H groups in total. The zero-order valence-corrected chi connectivity index (χ0v) is 20.5. The van der Waals surface area contributed by atoms with E-state index in [0.717, 1.165) is 4.47 Å². The van der Waals surface area contributed by atoms with Crippen LogP contribution in [0.15, 0.2) is 45.7 Å². The van der Waals surface area contributed by atoms with Gasteiger partial charge in [-0.3, -0.25) is 4.79 Å². The smallest absolute Gasteiger partial charge is 0.277 e. The number of nitrogens with one attached hydrogen (secondary N) is 1. The fraction of sp³-hybridized carbons (Fsp3) is 0.0667. The van der Waals surface area contributed by atoms with Crippen molar-refractivity contribution >= 4 is 91.8 Å². The Morgan fingerprint density at radius 3 is 2.27 bits per heavy atom. The van der Waals surface area contributed by atoms with Crippen LogP contribution in [0.25, 0.3) is 0 Å². The lowest BCUT2D eigenvalue weighted by Gasteiger charge is -2.10. The number of ether oxygens (including phenoxy) is 1. The van der Waals surface area contributed by atoms with Gasteiger partial charge in [-0.05, 0) is 81.9 Å². The SMILES string of the molecule is O=C(COc1c(Br)cc(Br)cc1Br)NN=Cc1cc(Br)c(O)c(Br)c1O. The minimum atomic E-state index is -0.487. The van der Waals surface area contributed by atoms with Gasteiger partial charge in [0, 0.05) is 10.0 Å². The number of rotatable bonds is 5. The summed E-state index contributed by atoms with van der Waals surface area (Å²) in [7, 11) is 0. The fourth-order valence-electron chi connectivity index (χ4n) is 1.73. The second-order valence-corrected chi connectivity index (χ2v) is 9.01. The Morgan fingerprint density at radius 1 is 1.04 bits per heavy atom. The standard InChI is InChI=1S/C15H9Br5N2O4/c16-7-2-9(18)15(10(19)3-7)26-5-11(23)22-21-4-6-1-8(17)14(25)12(20)13(6)24/h1-4,24-25H,5H2,(H,22,23). The van der Waals surface area contributed by atoms with E-state index in [1.165, 1.54) is 12.3 Å². The molecule has 6 nitrogen and oxygen atoms in total. The molecule has 0 aliphatic heterocycles. The van der Waals surface area contributed by atoms with E-state index in [9.17, 15) is 15.0 Å². The number of hydrogen-bond acceptors (Lipinski definition) is 5. The van der Waals surface area contributed by atoms with E-state index < -0.39 is 5.91 Å². The summed E-state index contributed by atoms with van der Waals surface area (Å²) in [5, 5.41) is 23.4. The predicted octanol–water partition coefficient (Wildman–Crippen LogP) is 5.44. The molecule has 0 heterocycles. The molecule has 11 heteroatoms.